The number of carbonyl (C=O) groups excluding carboxylic acids is 1. The minimum atomic E-state index is 0.0860. The van der Waals surface area contributed by atoms with E-state index in [4.69, 9.17) is 11.6 Å². The van der Waals surface area contributed by atoms with E-state index in [1.54, 1.807) is 0 Å². The Bertz CT molecular complexity index is 435. The molecule has 0 saturated heterocycles. The van der Waals surface area contributed by atoms with Gasteiger partial charge in [0.05, 0.1) is 0 Å². The smallest absolute Gasteiger partial charge is 0.221 e. The van der Waals surface area contributed by atoms with E-state index in [1.807, 2.05) is 39.2 Å². The number of carbonyl (C=O) groups is 1. The average molecular weight is 298 g/mol. The molecule has 0 bridgehead atoms. The third kappa shape index (κ3) is 6.78. The van der Waals surface area contributed by atoms with Crippen LogP contribution in [-0.4, -0.2) is 44.5 Å². The Morgan fingerprint density at radius 3 is 2.70 bits per heavy atom. The molecular weight excluding hydrogens is 274 g/mol. The summed E-state index contributed by atoms with van der Waals surface area (Å²) in [6, 6.07) is 5.69. The van der Waals surface area contributed by atoms with E-state index in [0.29, 0.717) is 13.0 Å². The first-order valence-electron chi connectivity index (χ1n) is 6.90. The highest BCUT2D eigenvalue weighted by molar-refractivity contribution is 6.30. The summed E-state index contributed by atoms with van der Waals surface area (Å²) in [6.07, 6.45) is 1.45. The fraction of sp³-hybridized carbons (Fsp3) is 0.533. The van der Waals surface area contributed by atoms with Crippen molar-refractivity contribution < 1.29 is 4.79 Å². The van der Waals surface area contributed by atoms with Crippen molar-refractivity contribution in [2.45, 2.75) is 19.8 Å². The fourth-order valence-electron chi connectivity index (χ4n) is 1.85. The molecule has 1 amide bonds. The normalized spacial score (nSPS) is 10.7. The van der Waals surface area contributed by atoms with E-state index in [9.17, 15) is 4.79 Å². The molecule has 0 fully saturated rings. The van der Waals surface area contributed by atoms with Gasteiger partial charge in [0.2, 0.25) is 5.91 Å². The molecule has 1 aromatic rings. The monoisotopic (exact) mass is 297 g/mol. The Morgan fingerprint density at radius 1 is 1.30 bits per heavy atom. The van der Waals surface area contributed by atoms with Gasteiger partial charge in [-0.1, -0.05) is 11.6 Å². The van der Waals surface area contributed by atoms with Gasteiger partial charge in [0.1, 0.15) is 0 Å². The highest BCUT2D eigenvalue weighted by Crippen LogP contribution is 2.19. The molecule has 20 heavy (non-hydrogen) atoms. The van der Waals surface area contributed by atoms with Crippen LogP contribution < -0.4 is 10.6 Å². The van der Waals surface area contributed by atoms with Crippen LogP contribution in [0.3, 0.4) is 0 Å². The van der Waals surface area contributed by atoms with E-state index in [2.05, 4.69) is 15.5 Å². The van der Waals surface area contributed by atoms with Gasteiger partial charge in [0, 0.05) is 30.2 Å². The van der Waals surface area contributed by atoms with Gasteiger partial charge >= 0.3 is 0 Å². The average Bonchev–Trinajstić information content (AvgIpc) is 2.37. The molecule has 112 valence electrons. The minimum Gasteiger partial charge on any atom is -0.384 e. The number of amides is 1. The van der Waals surface area contributed by atoms with E-state index in [0.717, 1.165) is 35.8 Å². The number of halogens is 1. The Hall–Kier alpha value is -1.26. The molecule has 4 nitrogen and oxygen atoms in total. The summed E-state index contributed by atoms with van der Waals surface area (Å²) in [4.78, 5) is 13.7. The fourth-order valence-corrected chi connectivity index (χ4v) is 2.07. The molecule has 1 aromatic carbocycles. The second-order valence-corrected chi connectivity index (χ2v) is 5.58. The largest absolute Gasteiger partial charge is 0.384 e. The second kappa shape index (κ2) is 8.82. The third-order valence-electron chi connectivity index (χ3n) is 2.96. The molecule has 1 rings (SSSR count). The van der Waals surface area contributed by atoms with Crippen LogP contribution in [-0.2, 0) is 4.79 Å². The number of rotatable bonds is 8. The Balaban J connectivity index is 2.18. The summed E-state index contributed by atoms with van der Waals surface area (Å²) in [6.45, 7) is 4.34. The predicted octanol–water partition coefficient (Wildman–Crippen LogP) is 2.52. The first-order chi connectivity index (χ1) is 9.49. The topological polar surface area (TPSA) is 44.4 Å². The molecule has 0 aromatic heterocycles. The van der Waals surface area contributed by atoms with Crippen LogP contribution in [0.1, 0.15) is 18.4 Å². The predicted molar refractivity (Wildman–Crippen MR) is 85.5 cm³/mol. The van der Waals surface area contributed by atoms with Crippen LogP contribution in [0, 0.1) is 6.92 Å². The summed E-state index contributed by atoms with van der Waals surface area (Å²) in [7, 11) is 4.06. The Kier molecular flexibility index (Phi) is 7.41. The molecule has 0 heterocycles. The highest BCUT2D eigenvalue weighted by Gasteiger charge is 2.02. The zero-order valence-electron chi connectivity index (χ0n) is 12.5. The van der Waals surface area contributed by atoms with E-state index in [1.165, 1.54) is 0 Å². The molecule has 0 radical (unpaired) electrons. The van der Waals surface area contributed by atoms with Gasteiger partial charge < -0.3 is 15.5 Å². The summed E-state index contributed by atoms with van der Waals surface area (Å²) in [5.41, 5.74) is 2.11. The number of hydrogen-bond acceptors (Lipinski definition) is 3. The summed E-state index contributed by atoms with van der Waals surface area (Å²) < 4.78 is 0. The molecule has 0 saturated carbocycles. The van der Waals surface area contributed by atoms with Crippen molar-refractivity contribution in [1.82, 2.24) is 10.2 Å². The zero-order chi connectivity index (χ0) is 15.0. The number of aryl methyl sites for hydroxylation is 1. The van der Waals surface area contributed by atoms with Crippen LogP contribution in [0.2, 0.25) is 5.02 Å². The van der Waals surface area contributed by atoms with Crippen molar-refractivity contribution in [3.05, 3.63) is 28.8 Å². The first-order valence-corrected chi connectivity index (χ1v) is 7.28. The maximum atomic E-state index is 11.6. The van der Waals surface area contributed by atoms with Crippen LogP contribution in [0.15, 0.2) is 18.2 Å². The summed E-state index contributed by atoms with van der Waals surface area (Å²) >= 11 is 5.90. The minimum absolute atomic E-state index is 0.0860. The number of nitrogens with zero attached hydrogens (tertiary/aromatic N) is 1. The molecule has 0 spiro atoms. The molecule has 0 unspecified atom stereocenters. The van der Waals surface area contributed by atoms with Crippen LogP contribution in [0.25, 0.3) is 0 Å². The van der Waals surface area contributed by atoms with Gasteiger partial charge in [-0.2, -0.15) is 0 Å². The van der Waals surface area contributed by atoms with Gasteiger partial charge in [-0.15, -0.1) is 0 Å². The van der Waals surface area contributed by atoms with Crippen molar-refractivity contribution in [1.29, 1.82) is 0 Å². The highest BCUT2D eigenvalue weighted by atomic mass is 35.5. The molecule has 0 aliphatic carbocycles. The van der Waals surface area contributed by atoms with Crippen molar-refractivity contribution >= 4 is 23.2 Å². The van der Waals surface area contributed by atoms with Crippen LogP contribution in [0.4, 0.5) is 5.69 Å². The van der Waals surface area contributed by atoms with Crippen LogP contribution >= 0.6 is 11.6 Å². The Morgan fingerprint density at radius 2 is 2.05 bits per heavy atom. The third-order valence-corrected chi connectivity index (χ3v) is 3.20. The van der Waals surface area contributed by atoms with Crippen molar-refractivity contribution in [3.63, 3.8) is 0 Å². The number of anilines is 1. The maximum absolute atomic E-state index is 11.6. The summed E-state index contributed by atoms with van der Waals surface area (Å²) in [5, 5.41) is 6.90. The van der Waals surface area contributed by atoms with Gasteiger partial charge in [-0.3, -0.25) is 4.79 Å². The standard InChI is InChI=1S/C15H24ClN3O/c1-12-11-13(16)5-6-14(12)17-9-7-15(20)18-8-4-10-19(2)3/h5-6,11,17H,4,7-10H2,1-3H3,(H,18,20). The number of hydrogen-bond donors (Lipinski definition) is 2. The molecule has 0 aliphatic heterocycles. The van der Waals surface area contributed by atoms with Gasteiger partial charge in [-0.25, -0.2) is 0 Å². The van der Waals surface area contributed by atoms with Crippen molar-refractivity contribution in [2.24, 2.45) is 0 Å². The molecule has 2 N–H and O–H groups in total. The zero-order valence-corrected chi connectivity index (χ0v) is 13.3. The summed E-state index contributed by atoms with van der Waals surface area (Å²) in [5.74, 6) is 0.0860. The van der Waals surface area contributed by atoms with Crippen molar-refractivity contribution in [2.75, 3.05) is 39.0 Å². The number of benzene rings is 1. The quantitative estimate of drug-likeness (QED) is 0.725. The van der Waals surface area contributed by atoms with Gasteiger partial charge in [0.15, 0.2) is 0 Å². The SMILES string of the molecule is Cc1cc(Cl)ccc1NCCC(=O)NCCCN(C)C. The lowest BCUT2D eigenvalue weighted by molar-refractivity contribution is -0.120. The molecule has 0 atom stereocenters. The van der Waals surface area contributed by atoms with E-state index >= 15 is 0 Å². The van der Waals surface area contributed by atoms with E-state index in [-0.39, 0.29) is 5.91 Å². The lowest BCUT2D eigenvalue weighted by Crippen LogP contribution is -2.28. The van der Waals surface area contributed by atoms with Gasteiger partial charge in [-0.05, 0) is 57.7 Å². The Labute approximate surface area is 126 Å². The molecule has 0 aliphatic rings. The van der Waals surface area contributed by atoms with Crippen molar-refractivity contribution in [3.8, 4) is 0 Å². The lowest BCUT2D eigenvalue weighted by atomic mass is 10.2. The maximum Gasteiger partial charge on any atom is 0.221 e. The molecular formula is C15H24ClN3O. The first kappa shape index (κ1) is 16.8. The number of nitrogens with one attached hydrogen (secondary N) is 2. The lowest BCUT2D eigenvalue weighted by Gasteiger charge is -2.11. The van der Waals surface area contributed by atoms with Gasteiger partial charge in [0.25, 0.3) is 0 Å². The second-order valence-electron chi connectivity index (χ2n) is 5.14. The van der Waals surface area contributed by atoms with E-state index < -0.39 is 0 Å². The van der Waals surface area contributed by atoms with Crippen LogP contribution in [0.5, 0.6) is 0 Å². The molecule has 5 heteroatoms.